The van der Waals surface area contributed by atoms with Crippen molar-refractivity contribution < 1.29 is 19.0 Å². The molecule has 0 heterocycles. The molecule has 134 valence electrons. The minimum atomic E-state index is -0.484. The van der Waals surface area contributed by atoms with Crippen LogP contribution in [0.25, 0.3) is 0 Å². The summed E-state index contributed by atoms with van der Waals surface area (Å²) >= 11 is 12.1. The van der Waals surface area contributed by atoms with E-state index in [4.69, 9.17) is 37.4 Å². The number of amides is 2. The van der Waals surface area contributed by atoms with Crippen LogP contribution in [0.15, 0.2) is 24.3 Å². The predicted molar refractivity (Wildman–Crippen MR) is 99.9 cm³/mol. The number of methoxy groups -OCH3 is 3. The molecule has 0 aliphatic heterocycles. The van der Waals surface area contributed by atoms with Crippen LogP contribution < -0.4 is 24.8 Å². The molecule has 2 aromatic rings. The smallest absolute Gasteiger partial charge is 0.323 e. The highest BCUT2D eigenvalue weighted by molar-refractivity contribution is 6.32. The fraction of sp³-hybridized carbons (Fsp3) is 0.235. The summed E-state index contributed by atoms with van der Waals surface area (Å²) in [5.74, 6) is 1.27. The third kappa shape index (κ3) is 4.41. The van der Waals surface area contributed by atoms with Crippen LogP contribution in [0.1, 0.15) is 5.56 Å². The van der Waals surface area contributed by atoms with E-state index in [2.05, 4.69) is 10.6 Å². The van der Waals surface area contributed by atoms with Crippen molar-refractivity contribution in [1.82, 2.24) is 0 Å². The molecule has 0 bridgehead atoms. The minimum Gasteiger partial charge on any atom is -0.495 e. The maximum Gasteiger partial charge on any atom is 0.323 e. The molecule has 0 spiro atoms. The van der Waals surface area contributed by atoms with Crippen LogP contribution in [0.3, 0.4) is 0 Å². The lowest BCUT2D eigenvalue weighted by Gasteiger charge is -2.15. The number of hydrogen-bond acceptors (Lipinski definition) is 4. The average molecular weight is 385 g/mol. The zero-order chi connectivity index (χ0) is 18.6. The number of halogens is 2. The zero-order valence-electron chi connectivity index (χ0n) is 14.2. The van der Waals surface area contributed by atoms with E-state index in [1.807, 2.05) is 6.92 Å². The van der Waals surface area contributed by atoms with Crippen LogP contribution in [0, 0.1) is 6.92 Å². The molecule has 0 aromatic heterocycles. The molecule has 25 heavy (non-hydrogen) atoms. The lowest BCUT2D eigenvalue weighted by atomic mass is 10.2. The highest BCUT2D eigenvalue weighted by Gasteiger charge is 2.14. The molecule has 2 N–H and O–H groups in total. The van der Waals surface area contributed by atoms with Gasteiger partial charge in [0.25, 0.3) is 0 Å². The first-order valence-corrected chi connectivity index (χ1v) is 7.98. The number of carbonyl (C=O) groups is 1. The van der Waals surface area contributed by atoms with Crippen molar-refractivity contribution in [3.8, 4) is 17.2 Å². The highest BCUT2D eigenvalue weighted by Crippen LogP contribution is 2.36. The number of aryl methyl sites for hydroxylation is 1. The standard InChI is InChI=1S/C17H18Cl2N2O4/c1-9-5-12(15(24-3)6-10(9)18)20-17(22)21-13-8-14(23-2)11(19)7-16(13)25-4/h5-8H,1-4H3,(H2,20,21,22). The normalized spacial score (nSPS) is 10.2. The monoisotopic (exact) mass is 384 g/mol. The molecule has 0 saturated heterocycles. The first kappa shape index (κ1) is 19.0. The van der Waals surface area contributed by atoms with E-state index in [0.29, 0.717) is 38.7 Å². The molecule has 2 aromatic carbocycles. The summed E-state index contributed by atoms with van der Waals surface area (Å²) in [7, 11) is 4.46. The van der Waals surface area contributed by atoms with Gasteiger partial charge in [0.1, 0.15) is 17.2 Å². The molecule has 0 unspecified atom stereocenters. The van der Waals surface area contributed by atoms with Crippen LogP contribution in [-0.4, -0.2) is 27.4 Å². The Labute approximate surface area is 156 Å². The summed E-state index contributed by atoms with van der Waals surface area (Å²) in [6, 6.07) is 6.01. The van der Waals surface area contributed by atoms with Crippen molar-refractivity contribution in [2.45, 2.75) is 6.92 Å². The molecule has 2 amide bonds. The van der Waals surface area contributed by atoms with E-state index in [-0.39, 0.29) is 0 Å². The third-order valence-electron chi connectivity index (χ3n) is 3.45. The van der Waals surface area contributed by atoms with Gasteiger partial charge in [-0.3, -0.25) is 0 Å². The van der Waals surface area contributed by atoms with Crippen LogP contribution in [0.2, 0.25) is 10.0 Å². The number of rotatable bonds is 5. The summed E-state index contributed by atoms with van der Waals surface area (Å²) < 4.78 is 15.6. The molecule has 0 aliphatic carbocycles. The number of nitrogens with one attached hydrogen (secondary N) is 2. The highest BCUT2D eigenvalue weighted by atomic mass is 35.5. The van der Waals surface area contributed by atoms with E-state index in [9.17, 15) is 4.79 Å². The van der Waals surface area contributed by atoms with Crippen LogP contribution in [-0.2, 0) is 0 Å². The fourth-order valence-corrected chi connectivity index (χ4v) is 2.55. The second-order valence-electron chi connectivity index (χ2n) is 5.07. The van der Waals surface area contributed by atoms with Crippen molar-refractivity contribution in [3.63, 3.8) is 0 Å². The number of carbonyl (C=O) groups excluding carboxylic acids is 1. The Balaban J connectivity index is 2.25. The number of benzene rings is 2. The van der Waals surface area contributed by atoms with Crippen molar-refractivity contribution in [3.05, 3.63) is 39.9 Å². The first-order chi connectivity index (χ1) is 11.9. The Morgan fingerprint density at radius 2 is 1.28 bits per heavy atom. The molecule has 6 nitrogen and oxygen atoms in total. The lowest BCUT2D eigenvalue weighted by molar-refractivity contribution is 0.262. The molecule has 0 radical (unpaired) electrons. The first-order valence-electron chi connectivity index (χ1n) is 7.23. The largest absolute Gasteiger partial charge is 0.495 e. The molecule has 0 aliphatic rings. The van der Waals surface area contributed by atoms with Gasteiger partial charge in [-0.1, -0.05) is 23.2 Å². The van der Waals surface area contributed by atoms with Gasteiger partial charge < -0.3 is 24.8 Å². The van der Waals surface area contributed by atoms with Crippen LogP contribution >= 0.6 is 23.2 Å². The predicted octanol–water partition coefficient (Wildman–Crippen LogP) is 4.97. The Bertz CT molecular complexity index is 797. The van der Waals surface area contributed by atoms with Crippen LogP contribution in [0.4, 0.5) is 16.2 Å². The molecule has 8 heteroatoms. The van der Waals surface area contributed by atoms with Crippen molar-refractivity contribution >= 4 is 40.6 Å². The van der Waals surface area contributed by atoms with Gasteiger partial charge in [-0.15, -0.1) is 0 Å². The van der Waals surface area contributed by atoms with Gasteiger partial charge in [-0.2, -0.15) is 0 Å². The van der Waals surface area contributed by atoms with Gasteiger partial charge in [0.2, 0.25) is 0 Å². The number of ether oxygens (including phenoxy) is 3. The maximum absolute atomic E-state index is 12.4. The lowest BCUT2D eigenvalue weighted by Crippen LogP contribution is -2.20. The Hall–Kier alpha value is -2.31. The zero-order valence-corrected chi connectivity index (χ0v) is 15.7. The second kappa shape index (κ2) is 8.18. The Morgan fingerprint density at radius 1 is 0.800 bits per heavy atom. The van der Waals surface area contributed by atoms with Gasteiger partial charge in [0.05, 0.1) is 37.7 Å². The summed E-state index contributed by atoms with van der Waals surface area (Å²) in [6.45, 7) is 1.83. The van der Waals surface area contributed by atoms with E-state index in [0.717, 1.165) is 5.56 Å². The van der Waals surface area contributed by atoms with Crippen molar-refractivity contribution in [1.29, 1.82) is 0 Å². The van der Waals surface area contributed by atoms with Crippen LogP contribution in [0.5, 0.6) is 17.2 Å². The van der Waals surface area contributed by atoms with Gasteiger partial charge in [-0.25, -0.2) is 4.79 Å². The SMILES string of the molecule is COc1cc(NC(=O)Nc2cc(C)c(Cl)cc2OC)c(OC)cc1Cl. The number of hydrogen-bond donors (Lipinski definition) is 2. The van der Waals surface area contributed by atoms with E-state index >= 15 is 0 Å². The summed E-state index contributed by atoms with van der Waals surface area (Å²) in [5.41, 5.74) is 1.70. The quantitative estimate of drug-likeness (QED) is 0.763. The van der Waals surface area contributed by atoms with Crippen molar-refractivity contribution in [2.24, 2.45) is 0 Å². The molecular formula is C17H18Cl2N2O4. The average Bonchev–Trinajstić information content (AvgIpc) is 2.58. The van der Waals surface area contributed by atoms with E-state index in [1.165, 1.54) is 21.3 Å². The van der Waals surface area contributed by atoms with E-state index in [1.54, 1.807) is 24.3 Å². The summed E-state index contributed by atoms with van der Waals surface area (Å²) in [5, 5.41) is 6.34. The third-order valence-corrected chi connectivity index (χ3v) is 4.15. The van der Waals surface area contributed by atoms with Gasteiger partial charge >= 0.3 is 6.03 Å². The molecule has 0 saturated carbocycles. The van der Waals surface area contributed by atoms with Crippen molar-refractivity contribution in [2.75, 3.05) is 32.0 Å². The molecule has 2 rings (SSSR count). The summed E-state index contributed by atoms with van der Waals surface area (Å²) in [4.78, 5) is 12.4. The van der Waals surface area contributed by atoms with Gasteiger partial charge in [0, 0.05) is 23.2 Å². The fourth-order valence-electron chi connectivity index (χ4n) is 2.16. The second-order valence-corrected chi connectivity index (χ2v) is 5.88. The molecular weight excluding hydrogens is 367 g/mol. The molecule has 0 atom stereocenters. The maximum atomic E-state index is 12.4. The van der Waals surface area contributed by atoms with E-state index < -0.39 is 6.03 Å². The van der Waals surface area contributed by atoms with Gasteiger partial charge in [-0.05, 0) is 18.6 Å². The minimum absolute atomic E-state index is 0.375. The molecule has 0 fully saturated rings. The Morgan fingerprint density at radius 3 is 1.80 bits per heavy atom. The number of urea groups is 1. The Kier molecular flexibility index (Phi) is 6.22. The number of anilines is 2. The summed E-state index contributed by atoms with van der Waals surface area (Å²) in [6.07, 6.45) is 0. The topological polar surface area (TPSA) is 68.8 Å². The van der Waals surface area contributed by atoms with Gasteiger partial charge in [0.15, 0.2) is 0 Å².